The van der Waals surface area contributed by atoms with E-state index in [1.54, 1.807) is 12.1 Å². The smallest absolute Gasteiger partial charge is 0.251 e. The molecule has 0 aromatic heterocycles. The number of benzene rings is 2. The number of nitrogens with one attached hydrogen (secondary N) is 2. The Labute approximate surface area is 162 Å². The van der Waals surface area contributed by atoms with Gasteiger partial charge in [-0.2, -0.15) is 0 Å². The van der Waals surface area contributed by atoms with Gasteiger partial charge in [-0.05, 0) is 42.3 Å². The van der Waals surface area contributed by atoms with Crippen molar-refractivity contribution in [3.05, 3.63) is 76.8 Å². The summed E-state index contributed by atoms with van der Waals surface area (Å²) < 4.78 is 27.8. The number of halogens is 1. The quantitative estimate of drug-likeness (QED) is 0.617. The Hall–Kier alpha value is -1.96. The van der Waals surface area contributed by atoms with Gasteiger partial charge in [0.05, 0.1) is 10.9 Å². The second-order valence-corrected chi connectivity index (χ2v) is 8.34. The summed E-state index contributed by atoms with van der Waals surface area (Å²) in [6, 6.07) is 13.5. The molecule has 2 aromatic carbocycles. The number of rotatable bonds is 8. The minimum Gasteiger partial charge on any atom is -0.345 e. The maximum absolute atomic E-state index is 12.6. The van der Waals surface area contributed by atoms with E-state index in [2.05, 4.69) is 32.5 Å². The van der Waals surface area contributed by atoms with E-state index in [1.807, 2.05) is 31.2 Å². The van der Waals surface area contributed by atoms with Crippen LogP contribution in [0.5, 0.6) is 0 Å². The molecular formula is C19H21BrN2O3S. The maximum atomic E-state index is 12.6. The predicted octanol–water partition coefficient (Wildman–Crippen LogP) is 3.79. The SMILES string of the molecule is C=CCNS(=O)(=O)c1cccc(C(=O)NC(CC)c2ccc(Br)cc2)c1. The van der Waals surface area contributed by atoms with E-state index in [1.165, 1.54) is 18.2 Å². The monoisotopic (exact) mass is 436 g/mol. The molecule has 26 heavy (non-hydrogen) atoms. The summed E-state index contributed by atoms with van der Waals surface area (Å²) in [5, 5.41) is 2.95. The summed E-state index contributed by atoms with van der Waals surface area (Å²) in [7, 11) is -3.68. The molecule has 0 aliphatic carbocycles. The first-order valence-corrected chi connectivity index (χ1v) is 10.4. The van der Waals surface area contributed by atoms with Crippen LogP contribution in [0, 0.1) is 0 Å². The van der Waals surface area contributed by atoms with Crippen LogP contribution in [0.25, 0.3) is 0 Å². The van der Waals surface area contributed by atoms with Crippen LogP contribution in [-0.2, 0) is 10.0 Å². The summed E-state index contributed by atoms with van der Waals surface area (Å²) in [5.74, 6) is -0.319. The van der Waals surface area contributed by atoms with Gasteiger partial charge >= 0.3 is 0 Å². The number of amides is 1. The summed E-state index contributed by atoms with van der Waals surface area (Å²) in [6.45, 7) is 5.59. The van der Waals surface area contributed by atoms with Crippen LogP contribution in [0.4, 0.5) is 0 Å². The molecule has 0 bridgehead atoms. The van der Waals surface area contributed by atoms with Gasteiger partial charge in [0, 0.05) is 16.6 Å². The van der Waals surface area contributed by atoms with Crippen molar-refractivity contribution >= 4 is 31.9 Å². The van der Waals surface area contributed by atoms with Gasteiger partial charge in [-0.25, -0.2) is 13.1 Å². The molecule has 0 spiro atoms. The van der Waals surface area contributed by atoms with Crippen LogP contribution in [0.15, 0.2) is 70.6 Å². The summed E-state index contributed by atoms with van der Waals surface area (Å²) in [5.41, 5.74) is 1.28. The highest BCUT2D eigenvalue weighted by Gasteiger charge is 2.18. The topological polar surface area (TPSA) is 75.3 Å². The Balaban J connectivity index is 2.20. The van der Waals surface area contributed by atoms with Gasteiger partial charge in [-0.1, -0.05) is 47.1 Å². The number of hydrogen-bond acceptors (Lipinski definition) is 3. The molecule has 0 aliphatic rings. The van der Waals surface area contributed by atoms with E-state index in [0.29, 0.717) is 12.0 Å². The third-order valence-electron chi connectivity index (χ3n) is 3.81. The lowest BCUT2D eigenvalue weighted by molar-refractivity contribution is 0.0935. The first kappa shape index (κ1) is 20.4. The highest BCUT2D eigenvalue weighted by molar-refractivity contribution is 9.10. The molecule has 2 rings (SSSR count). The highest BCUT2D eigenvalue weighted by Crippen LogP contribution is 2.20. The number of hydrogen-bond donors (Lipinski definition) is 2. The van der Waals surface area contributed by atoms with Crippen molar-refractivity contribution in [3.8, 4) is 0 Å². The normalized spacial score (nSPS) is 12.4. The lowest BCUT2D eigenvalue weighted by Crippen LogP contribution is -2.29. The van der Waals surface area contributed by atoms with Crippen LogP contribution in [0.3, 0.4) is 0 Å². The minimum absolute atomic E-state index is 0.0451. The Morgan fingerprint density at radius 1 is 1.23 bits per heavy atom. The molecule has 0 saturated heterocycles. The Kier molecular flexibility index (Phi) is 7.14. The second-order valence-electron chi connectivity index (χ2n) is 5.65. The van der Waals surface area contributed by atoms with Crippen molar-refractivity contribution in [2.75, 3.05) is 6.54 Å². The van der Waals surface area contributed by atoms with Crippen molar-refractivity contribution < 1.29 is 13.2 Å². The van der Waals surface area contributed by atoms with Crippen LogP contribution >= 0.6 is 15.9 Å². The predicted molar refractivity (Wildman–Crippen MR) is 106 cm³/mol. The van der Waals surface area contributed by atoms with E-state index in [0.717, 1.165) is 10.0 Å². The molecule has 1 atom stereocenters. The Morgan fingerprint density at radius 2 is 1.92 bits per heavy atom. The molecule has 0 fully saturated rings. The lowest BCUT2D eigenvalue weighted by Gasteiger charge is -2.18. The second kappa shape index (κ2) is 9.12. The average Bonchev–Trinajstić information content (AvgIpc) is 2.65. The number of sulfonamides is 1. The van der Waals surface area contributed by atoms with Gasteiger partial charge in [0.25, 0.3) is 5.91 Å². The van der Waals surface area contributed by atoms with Crippen LogP contribution in [-0.4, -0.2) is 20.9 Å². The van der Waals surface area contributed by atoms with E-state index in [9.17, 15) is 13.2 Å². The number of carbonyl (C=O) groups is 1. The van der Waals surface area contributed by atoms with E-state index in [-0.39, 0.29) is 23.4 Å². The van der Waals surface area contributed by atoms with Gasteiger partial charge < -0.3 is 5.32 Å². The molecule has 2 N–H and O–H groups in total. The molecule has 1 unspecified atom stereocenters. The first-order valence-electron chi connectivity index (χ1n) is 8.14. The Bertz CT molecular complexity index is 880. The van der Waals surface area contributed by atoms with Gasteiger partial charge in [0.15, 0.2) is 0 Å². The third kappa shape index (κ3) is 5.27. The molecule has 7 heteroatoms. The molecule has 0 heterocycles. The van der Waals surface area contributed by atoms with Gasteiger partial charge in [-0.3, -0.25) is 4.79 Å². The number of carbonyl (C=O) groups excluding carboxylic acids is 1. The Morgan fingerprint density at radius 3 is 2.54 bits per heavy atom. The fraction of sp³-hybridized carbons (Fsp3) is 0.211. The standard InChI is InChI=1S/C19H21BrN2O3S/c1-3-12-21-26(24,25)17-7-5-6-15(13-17)19(23)22-18(4-2)14-8-10-16(20)11-9-14/h3,5-11,13,18,21H,1,4,12H2,2H3,(H,22,23). The van der Waals surface area contributed by atoms with Crippen molar-refractivity contribution in [3.63, 3.8) is 0 Å². The van der Waals surface area contributed by atoms with Crippen LogP contribution in [0.2, 0.25) is 0 Å². The van der Waals surface area contributed by atoms with E-state index in [4.69, 9.17) is 0 Å². The summed E-state index contributed by atoms with van der Waals surface area (Å²) >= 11 is 3.39. The largest absolute Gasteiger partial charge is 0.345 e. The highest BCUT2D eigenvalue weighted by atomic mass is 79.9. The lowest BCUT2D eigenvalue weighted by atomic mass is 10.0. The zero-order valence-electron chi connectivity index (χ0n) is 14.4. The molecule has 5 nitrogen and oxygen atoms in total. The van der Waals surface area contributed by atoms with Crippen molar-refractivity contribution in [1.82, 2.24) is 10.0 Å². The average molecular weight is 437 g/mol. The zero-order valence-corrected chi connectivity index (χ0v) is 16.8. The summed E-state index contributed by atoms with van der Waals surface area (Å²) in [6.07, 6.45) is 2.17. The first-order chi connectivity index (χ1) is 12.4. The zero-order chi connectivity index (χ0) is 19.2. The minimum atomic E-state index is -3.68. The van der Waals surface area contributed by atoms with E-state index < -0.39 is 10.0 Å². The van der Waals surface area contributed by atoms with Crippen LogP contribution < -0.4 is 10.0 Å². The molecule has 0 saturated carbocycles. The molecular weight excluding hydrogens is 416 g/mol. The maximum Gasteiger partial charge on any atom is 0.251 e. The molecule has 0 radical (unpaired) electrons. The van der Waals surface area contributed by atoms with Gasteiger partial charge in [-0.15, -0.1) is 6.58 Å². The van der Waals surface area contributed by atoms with E-state index >= 15 is 0 Å². The van der Waals surface area contributed by atoms with Gasteiger partial charge in [0.2, 0.25) is 10.0 Å². The van der Waals surface area contributed by atoms with Crippen molar-refractivity contribution in [1.29, 1.82) is 0 Å². The van der Waals surface area contributed by atoms with Gasteiger partial charge in [0.1, 0.15) is 0 Å². The molecule has 138 valence electrons. The van der Waals surface area contributed by atoms with Crippen LogP contribution in [0.1, 0.15) is 35.3 Å². The molecule has 0 aliphatic heterocycles. The molecule has 2 aromatic rings. The fourth-order valence-electron chi connectivity index (χ4n) is 2.41. The van der Waals surface area contributed by atoms with Crippen molar-refractivity contribution in [2.45, 2.75) is 24.3 Å². The molecule has 1 amide bonds. The fourth-order valence-corrected chi connectivity index (χ4v) is 3.72. The van der Waals surface area contributed by atoms with Crippen molar-refractivity contribution in [2.24, 2.45) is 0 Å². The third-order valence-corrected chi connectivity index (χ3v) is 5.76. The summed E-state index contributed by atoms with van der Waals surface area (Å²) in [4.78, 5) is 12.6.